The molecule has 1 aliphatic carbocycles. The van der Waals surface area contributed by atoms with E-state index in [1.165, 1.54) is 24.1 Å². The van der Waals surface area contributed by atoms with Crippen LogP contribution in [-0.2, 0) is 38.7 Å². The lowest BCUT2D eigenvalue weighted by Gasteiger charge is -2.39. The fourth-order valence-corrected chi connectivity index (χ4v) is 6.41. The van der Waals surface area contributed by atoms with Crippen LogP contribution in [-0.4, -0.2) is 77.7 Å². The molecule has 2 aliphatic heterocycles. The van der Waals surface area contributed by atoms with E-state index < -0.39 is 9.84 Å². The van der Waals surface area contributed by atoms with Crippen molar-refractivity contribution in [2.24, 2.45) is 0 Å². The molecule has 0 aromatic carbocycles. The minimum absolute atomic E-state index is 0.120. The quantitative estimate of drug-likeness (QED) is 0.567. The monoisotopic (exact) mass is 454 g/mol. The van der Waals surface area contributed by atoms with E-state index in [-0.39, 0.29) is 18.4 Å². The number of fused-ring (bicyclic) bond motifs is 1. The molecule has 1 amide bonds. The topological polar surface area (TPSA) is 132 Å². The van der Waals surface area contributed by atoms with Gasteiger partial charge in [-0.1, -0.05) is 0 Å². The maximum absolute atomic E-state index is 12.4. The summed E-state index contributed by atoms with van der Waals surface area (Å²) in [6, 6.07) is 0.634. The smallest absolute Gasteiger partial charge is 0.290 e. The van der Waals surface area contributed by atoms with Crippen molar-refractivity contribution in [3.05, 3.63) is 17.0 Å². The highest BCUT2D eigenvalue weighted by molar-refractivity contribution is 7.91. The normalized spacial score (nSPS) is 22.1. The van der Waals surface area contributed by atoms with Crippen molar-refractivity contribution in [2.75, 3.05) is 24.6 Å². The number of piperidine rings is 1. The molecule has 0 saturated carbocycles. The van der Waals surface area contributed by atoms with Gasteiger partial charge >= 0.3 is 0 Å². The number of nitrogens with one attached hydrogen (secondary N) is 2. The minimum atomic E-state index is -2.80. The van der Waals surface area contributed by atoms with Crippen molar-refractivity contribution >= 4 is 22.2 Å². The Morgan fingerprint density at radius 3 is 2.48 bits per heavy atom. The standard InChI is InChI=1S/C20H32N4O3S.CH2O2/c25-20(6-5-19-17-3-1-2-4-18(17)22-23-19)21-15-7-11-24(12-8-15)16-9-13-28(26,27)14-10-16;2-1-3/h15-16H,1-14H2,(H,21,25)(H,22,23);1H,(H,2,3). The molecule has 0 spiro atoms. The summed E-state index contributed by atoms with van der Waals surface area (Å²) < 4.78 is 23.2. The van der Waals surface area contributed by atoms with Crippen LogP contribution in [0.5, 0.6) is 0 Å². The molecular weight excluding hydrogens is 420 g/mol. The van der Waals surface area contributed by atoms with Gasteiger partial charge in [0.05, 0.1) is 17.2 Å². The van der Waals surface area contributed by atoms with Crippen LogP contribution in [0.15, 0.2) is 0 Å². The van der Waals surface area contributed by atoms with E-state index in [1.54, 1.807) is 0 Å². The van der Waals surface area contributed by atoms with Crippen molar-refractivity contribution in [1.29, 1.82) is 0 Å². The Morgan fingerprint density at radius 1 is 1.16 bits per heavy atom. The van der Waals surface area contributed by atoms with Crippen molar-refractivity contribution in [2.45, 2.75) is 76.3 Å². The number of nitrogens with zero attached hydrogens (tertiary/aromatic N) is 2. The third-order valence-electron chi connectivity index (χ3n) is 6.67. The molecule has 1 aromatic rings. The first kappa shape index (κ1) is 23.7. The Hall–Kier alpha value is -1.94. The number of hydrogen-bond donors (Lipinski definition) is 3. The lowest BCUT2D eigenvalue weighted by Crippen LogP contribution is -2.49. The van der Waals surface area contributed by atoms with Gasteiger partial charge in [-0.15, -0.1) is 0 Å². The molecular formula is C21H34N4O5S. The number of carbonyl (C=O) groups is 2. The molecule has 3 aliphatic rings. The Morgan fingerprint density at radius 2 is 1.81 bits per heavy atom. The van der Waals surface area contributed by atoms with Gasteiger partial charge in [0.2, 0.25) is 5.91 Å². The molecule has 9 nitrogen and oxygen atoms in total. The summed E-state index contributed by atoms with van der Waals surface area (Å²) in [5.41, 5.74) is 3.69. The molecule has 2 fully saturated rings. The lowest BCUT2D eigenvalue weighted by atomic mass is 9.94. The zero-order chi connectivity index (χ0) is 22.3. The first-order chi connectivity index (χ1) is 14.9. The molecule has 4 rings (SSSR count). The Bertz CT molecular complexity index is 832. The van der Waals surface area contributed by atoms with Crippen molar-refractivity contribution in [3.63, 3.8) is 0 Å². The molecule has 3 heterocycles. The molecule has 10 heteroatoms. The van der Waals surface area contributed by atoms with Crippen molar-refractivity contribution in [3.8, 4) is 0 Å². The van der Waals surface area contributed by atoms with Crippen LogP contribution in [0, 0.1) is 0 Å². The van der Waals surface area contributed by atoms with Crippen LogP contribution in [0.2, 0.25) is 0 Å². The molecule has 1 aromatic heterocycles. The maximum atomic E-state index is 12.4. The first-order valence-electron chi connectivity index (χ1n) is 11.3. The summed E-state index contributed by atoms with van der Waals surface area (Å²) in [6.45, 7) is 1.64. The zero-order valence-corrected chi connectivity index (χ0v) is 18.8. The highest BCUT2D eigenvalue weighted by atomic mass is 32.2. The van der Waals surface area contributed by atoms with Gasteiger partial charge in [-0.2, -0.15) is 5.10 Å². The van der Waals surface area contributed by atoms with Crippen LogP contribution >= 0.6 is 0 Å². The van der Waals surface area contributed by atoms with Crippen LogP contribution in [0.3, 0.4) is 0 Å². The number of rotatable bonds is 5. The number of aryl methyl sites for hydroxylation is 2. The highest BCUT2D eigenvalue weighted by Gasteiger charge is 2.30. The largest absolute Gasteiger partial charge is 0.483 e. The van der Waals surface area contributed by atoms with Gasteiger partial charge < -0.3 is 15.3 Å². The van der Waals surface area contributed by atoms with E-state index in [4.69, 9.17) is 9.90 Å². The molecule has 31 heavy (non-hydrogen) atoms. The number of carbonyl (C=O) groups excluding carboxylic acids is 1. The maximum Gasteiger partial charge on any atom is 0.290 e. The number of sulfone groups is 1. The van der Waals surface area contributed by atoms with Crippen LogP contribution in [0.25, 0.3) is 0 Å². The van der Waals surface area contributed by atoms with Crippen LogP contribution < -0.4 is 5.32 Å². The fraction of sp³-hybridized carbons (Fsp3) is 0.762. The molecule has 0 radical (unpaired) electrons. The predicted molar refractivity (Wildman–Crippen MR) is 117 cm³/mol. The Balaban J connectivity index is 0.000000858. The van der Waals surface area contributed by atoms with E-state index in [0.717, 1.165) is 57.3 Å². The Labute approximate surface area is 183 Å². The van der Waals surface area contributed by atoms with E-state index >= 15 is 0 Å². The van der Waals surface area contributed by atoms with Gasteiger partial charge in [0.1, 0.15) is 9.84 Å². The van der Waals surface area contributed by atoms with E-state index in [2.05, 4.69) is 20.4 Å². The summed E-state index contributed by atoms with van der Waals surface area (Å²) in [7, 11) is -2.80. The number of likely N-dealkylation sites (tertiary alicyclic amines) is 1. The Kier molecular flexibility index (Phi) is 8.48. The van der Waals surface area contributed by atoms with E-state index in [9.17, 15) is 13.2 Å². The average Bonchev–Trinajstić information content (AvgIpc) is 3.17. The number of carboxylic acid groups (broad SMARTS) is 1. The average molecular weight is 455 g/mol. The number of H-pyrrole nitrogens is 1. The summed E-state index contributed by atoms with van der Waals surface area (Å²) in [4.78, 5) is 23.2. The predicted octanol–water partition coefficient (Wildman–Crippen LogP) is 1.08. The van der Waals surface area contributed by atoms with E-state index in [1.807, 2.05) is 0 Å². The summed E-state index contributed by atoms with van der Waals surface area (Å²) in [5.74, 6) is 0.769. The third-order valence-corrected chi connectivity index (χ3v) is 8.38. The number of amides is 1. The molecule has 0 unspecified atom stereocenters. The SMILES string of the molecule is O=C(CCc1n[nH]c2c1CCCC2)NC1CCN(C2CCS(=O)(=O)CC2)CC1.O=CO. The first-order valence-corrected chi connectivity index (χ1v) is 13.1. The third kappa shape index (κ3) is 6.77. The van der Waals surface area contributed by atoms with Crippen molar-refractivity contribution in [1.82, 2.24) is 20.4 Å². The van der Waals surface area contributed by atoms with Crippen LogP contribution in [0.1, 0.15) is 61.9 Å². The van der Waals surface area contributed by atoms with Gasteiger partial charge in [-0.3, -0.25) is 14.7 Å². The number of aromatic nitrogens is 2. The lowest BCUT2D eigenvalue weighted by molar-refractivity contribution is -0.123. The molecule has 2 saturated heterocycles. The summed E-state index contributed by atoms with van der Waals surface area (Å²) in [5, 5.41) is 17.7. The van der Waals surface area contributed by atoms with Gasteiger partial charge in [-0.25, -0.2) is 8.42 Å². The second kappa shape index (κ2) is 11.1. The molecule has 3 N–H and O–H groups in total. The van der Waals surface area contributed by atoms with Gasteiger partial charge in [-0.05, 0) is 56.9 Å². The van der Waals surface area contributed by atoms with Crippen LogP contribution in [0.4, 0.5) is 0 Å². The molecule has 0 bridgehead atoms. The second-order valence-corrected chi connectivity index (χ2v) is 11.0. The van der Waals surface area contributed by atoms with Gasteiger partial charge in [0, 0.05) is 43.7 Å². The van der Waals surface area contributed by atoms with Crippen molar-refractivity contribution < 1.29 is 23.1 Å². The summed E-state index contributed by atoms with van der Waals surface area (Å²) in [6.07, 6.45) is 9.25. The second-order valence-electron chi connectivity index (χ2n) is 8.70. The summed E-state index contributed by atoms with van der Waals surface area (Å²) >= 11 is 0. The molecule has 174 valence electrons. The number of aromatic amines is 1. The van der Waals surface area contributed by atoms with Gasteiger partial charge in [0.25, 0.3) is 6.47 Å². The highest BCUT2D eigenvalue weighted by Crippen LogP contribution is 2.24. The minimum Gasteiger partial charge on any atom is -0.483 e. The zero-order valence-electron chi connectivity index (χ0n) is 18.0. The fourth-order valence-electron chi connectivity index (χ4n) is 4.94. The van der Waals surface area contributed by atoms with E-state index in [0.29, 0.717) is 30.4 Å². The van der Waals surface area contributed by atoms with Gasteiger partial charge in [0.15, 0.2) is 0 Å². The molecule has 0 atom stereocenters. The number of hydrogen-bond acceptors (Lipinski definition) is 6.